The second kappa shape index (κ2) is 9.01. The molecule has 4 rings (SSSR count). The summed E-state index contributed by atoms with van der Waals surface area (Å²) in [5.41, 5.74) is 2.70. The summed E-state index contributed by atoms with van der Waals surface area (Å²) in [5, 5.41) is 0. The number of amides is 3. The van der Waals surface area contributed by atoms with E-state index in [1.807, 2.05) is 25.1 Å². The largest absolute Gasteiger partial charge is 0.497 e. The minimum atomic E-state index is -0.904. The van der Waals surface area contributed by atoms with Crippen molar-refractivity contribution < 1.29 is 19.1 Å². The second-order valence-electron chi connectivity index (χ2n) is 7.65. The lowest BCUT2D eigenvalue weighted by atomic mass is 10.1. The first kappa shape index (κ1) is 21.2. The van der Waals surface area contributed by atoms with Crippen molar-refractivity contribution in [2.75, 3.05) is 12.0 Å². The molecule has 0 aliphatic carbocycles. The highest BCUT2D eigenvalue weighted by Crippen LogP contribution is 2.28. The van der Waals surface area contributed by atoms with Crippen LogP contribution in [0.15, 0.2) is 73.1 Å². The molecule has 0 radical (unpaired) electrons. The zero-order valence-electron chi connectivity index (χ0n) is 17.9. The molecule has 162 valence electrons. The Morgan fingerprint density at radius 1 is 1.09 bits per heavy atom. The van der Waals surface area contributed by atoms with Crippen LogP contribution < -0.4 is 9.64 Å². The van der Waals surface area contributed by atoms with Crippen molar-refractivity contribution in [2.45, 2.75) is 25.9 Å². The summed E-state index contributed by atoms with van der Waals surface area (Å²) in [6.07, 6.45) is 3.21. The lowest BCUT2D eigenvalue weighted by Crippen LogP contribution is -2.45. The van der Waals surface area contributed by atoms with Crippen LogP contribution in [0.4, 0.5) is 5.69 Å². The van der Waals surface area contributed by atoms with Crippen LogP contribution in [0.2, 0.25) is 0 Å². The molecule has 1 aliphatic rings. The summed E-state index contributed by atoms with van der Waals surface area (Å²) in [7, 11) is 1.55. The van der Waals surface area contributed by atoms with Crippen molar-refractivity contribution in [1.29, 1.82) is 0 Å². The summed E-state index contributed by atoms with van der Waals surface area (Å²) < 4.78 is 5.17. The molecule has 1 atom stereocenters. The summed E-state index contributed by atoms with van der Waals surface area (Å²) >= 11 is 0. The maximum absolute atomic E-state index is 13.5. The summed E-state index contributed by atoms with van der Waals surface area (Å²) in [6.45, 7) is 2.09. The van der Waals surface area contributed by atoms with Gasteiger partial charge in [0.15, 0.2) is 0 Å². The molecule has 0 bridgehead atoms. The quantitative estimate of drug-likeness (QED) is 0.562. The Morgan fingerprint density at radius 2 is 1.81 bits per heavy atom. The molecule has 1 fully saturated rings. The Hall–Kier alpha value is -4.00. The molecule has 1 aromatic heterocycles. The van der Waals surface area contributed by atoms with Crippen LogP contribution in [0.1, 0.15) is 27.9 Å². The fraction of sp³-hybridized carbons (Fsp3) is 0.200. The van der Waals surface area contributed by atoms with Gasteiger partial charge in [-0.05, 0) is 55.0 Å². The number of aryl methyl sites for hydroxylation is 1. The van der Waals surface area contributed by atoms with E-state index in [1.54, 1.807) is 62.0 Å². The standard InChI is InChI=1S/C25H23N3O4/c1-17-5-9-20(10-6-17)28-23(29)14-22(25(28)31)27(16-18-4-3-13-26-15-18)24(30)19-7-11-21(32-2)12-8-19/h3-13,15,22H,14,16H2,1-2H3. The van der Waals surface area contributed by atoms with Crippen LogP contribution in [-0.4, -0.2) is 40.8 Å². The molecule has 0 N–H and O–H groups in total. The molecule has 7 heteroatoms. The third-order valence-electron chi connectivity index (χ3n) is 5.46. The number of ether oxygens (including phenoxy) is 1. The lowest BCUT2D eigenvalue weighted by Gasteiger charge is -2.28. The molecule has 2 heterocycles. The van der Waals surface area contributed by atoms with Gasteiger partial charge in [0.25, 0.3) is 11.8 Å². The van der Waals surface area contributed by atoms with Crippen molar-refractivity contribution in [1.82, 2.24) is 9.88 Å². The minimum Gasteiger partial charge on any atom is -0.497 e. The van der Waals surface area contributed by atoms with Crippen molar-refractivity contribution in [2.24, 2.45) is 0 Å². The Kier molecular flexibility index (Phi) is 5.98. The SMILES string of the molecule is COc1ccc(C(=O)N(Cc2cccnc2)C2CC(=O)N(c3ccc(C)cc3)C2=O)cc1. The van der Waals surface area contributed by atoms with Gasteiger partial charge in [-0.25, -0.2) is 4.90 Å². The van der Waals surface area contributed by atoms with Crippen molar-refractivity contribution >= 4 is 23.4 Å². The molecule has 0 saturated carbocycles. The molecule has 0 spiro atoms. The Bertz CT molecular complexity index is 1130. The van der Waals surface area contributed by atoms with E-state index >= 15 is 0 Å². The van der Waals surface area contributed by atoms with Crippen molar-refractivity contribution in [3.8, 4) is 5.75 Å². The van der Waals surface area contributed by atoms with E-state index in [0.717, 1.165) is 11.1 Å². The number of pyridine rings is 1. The molecule has 1 aliphatic heterocycles. The number of imide groups is 1. The predicted molar refractivity (Wildman–Crippen MR) is 119 cm³/mol. The third-order valence-corrected chi connectivity index (χ3v) is 5.46. The highest BCUT2D eigenvalue weighted by molar-refractivity contribution is 6.23. The first-order chi connectivity index (χ1) is 15.5. The first-order valence-electron chi connectivity index (χ1n) is 10.3. The number of hydrogen-bond acceptors (Lipinski definition) is 5. The fourth-order valence-electron chi connectivity index (χ4n) is 3.74. The molecule has 1 saturated heterocycles. The maximum atomic E-state index is 13.5. The number of benzene rings is 2. The fourth-order valence-corrected chi connectivity index (χ4v) is 3.74. The number of carbonyl (C=O) groups is 3. The number of carbonyl (C=O) groups excluding carboxylic acids is 3. The Balaban J connectivity index is 1.67. The maximum Gasteiger partial charge on any atom is 0.257 e. The van der Waals surface area contributed by atoms with Gasteiger partial charge in [0.05, 0.1) is 19.2 Å². The van der Waals surface area contributed by atoms with E-state index in [9.17, 15) is 14.4 Å². The minimum absolute atomic E-state index is 0.0745. The molecule has 1 unspecified atom stereocenters. The highest BCUT2D eigenvalue weighted by atomic mass is 16.5. The van der Waals surface area contributed by atoms with Gasteiger partial charge in [-0.15, -0.1) is 0 Å². The molecule has 2 aromatic carbocycles. The molecule has 3 amide bonds. The number of aromatic nitrogens is 1. The normalized spacial score (nSPS) is 15.7. The molecular weight excluding hydrogens is 406 g/mol. The van der Waals surface area contributed by atoms with Crippen molar-refractivity contribution in [3.05, 3.63) is 89.7 Å². The van der Waals surface area contributed by atoms with Crippen LogP contribution in [0, 0.1) is 6.92 Å². The Morgan fingerprint density at radius 3 is 2.44 bits per heavy atom. The van der Waals surface area contributed by atoms with Gasteiger partial charge in [-0.2, -0.15) is 0 Å². The molecule has 32 heavy (non-hydrogen) atoms. The predicted octanol–water partition coefficient (Wildman–Crippen LogP) is 3.37. The van der Waals surface area contributed by atoms with E-state index in [-0.39, 0.29) is 24.8 Å². The smallest absolute Gasteiger partial charge is 0.257 e. The number of hydrogen-bond donors (Lipinski definition) is 0. The van der Waals surface area contributed by atoms with Gasteiger partial charge in [-0.3, -0.25) is 19.4 Å². The first-order valence-corrected chi connectivity index (χ1v) is 10.3. The Labute approximate surface area is 186 Å². The van der Waals surface area contributed by atoms with Crippen LogP contribution >= 0.6 is 0 Å². The van der Waals surface area contributed by atoms with Gasteiger partial charge in [-0.1, -0.05) is 23.8 Å². The number of anilines is 1. The van der Waals surface area contributed by atoms with Crippen LogP contribution in [0.3, 0.4) is 0 Å². The van der Waals surface area contributed by atoms with Gasteiger partial charge in [0.1, 0.15) is 11.8 Å². The average Bonchev–Trinajstić information content (AvgIpc) is 3.12. The van der Waals surface area contributed by atoms with Crippen LogP contribution in [0.5, 0.6) is 5.75 Å². The van der Waals surface area contributed by atoms with Gasteiger partial charge < -0.3 is 9.64 Å². The zero-order valence-corrected chi connectivity index (χ0v) is 17.9. The number of rotatable bonds is 6. The average molecular weight is 429 g/mol. The van der Waals surface area contributed by atoms with E-state index < -0.39 is 11.9 Å². The number of nitrogens with zero attached hydrogens (tertiary/aromatic N) is 3. The van der Waals surface area contributed by atoms with E-state index in [1.165, 1.54) is 9.80 Å². The van der Waals surface area contributed by atoms with E-state index in [4.69, 9.17) is 4.74 Å². The zero-order chi connectivity index (χ0) is 22.7. The van der Waals surface area contributed by atoms with Crippen molar-refractivity contribution in [3.63, 3.8) is 0 Å². The molecule has 3 aromatic rings. The highest BCUT2D eigenvalue weighted by Gasteiger charge is 2.44. The molecular formula is C25H23N3O4. The monoisotopic (exact) mass is 429 g/mol. The summed E-state index contributed by atoms with van der Waals surface area (Å²) in [4.78, 5) is 46.3. The lowest BCUT2D eigenvalue weighted by molar-refractivity contribution is -0.122. The van der Waals surface area contributed by atoms with Crippen LogP contribution in [0.25, 0.3) is 0 Å². The van der Waals surface area contributed by atoms with Gasteiger partial charge in [0.2, 0.25) is 5.91 Å². The summed E-state index contributed by atoms with van der Waals surface area (Å²) in [6, 6.07) is 16.6. The second-order valence-corrected chi connectivity index (χ2v) is 7.65. The summed E-state index contributed by atoms with van der Waals surface area (Å²) in [5.74, 6) is -0.460. The van der Waals surface area contributed by atoms with Crippen LogP contribution in [-0.2, 0) is 16.1 Å². The topological polar surface area (TPSA) is 79.8 Å². The molecule has 7 nitrogen and oxygen atoms in total. The number of methoxy groups -OCH3 is 1. The van der Waals surface area contributed by atoms with Gasteiger partial charge in [0, 0.05) is 24.5 Å². The van der Waals surface area contributed by atoms with Gasteiger partial charge >= 0.3 is 0 Å². The third kappa shape index (κ3) is 4.23. The van der Waals surface area contributed by atoms with E-state index in [2.05, 4.69) is 4.98 Å². The van der Waals surface area contributed by atoms with E-state index in [0.29, 0.717) is 17.0 Å².